The van der Waals surface area contributed by atoms with Crippen LogP contribution in [0.15, 0.2) is 0 Å². The third-order valence-electron chi connectivity index (χ3n) is 3.75. The number of nitrogens with zero attached hydrogens (tertiary/aromatic N) is 1. The normalized spacial score (nSPS) is 25.9. The van der Waals surface area contributed by atoms with Crippen LogP contribution in [0.4, 0.5) is 0 Å². The Morgan fingerprint density at radius 3 is 2.41 bits per heavy atom. The van der Waals surface area contributed by atoms with Crippen LogP contribution in [-0.4, -0.2) is 50.1 Å². The van der Waals surface area contributed by atoms with Crippen LogP contribution in [0.5, 0.6) is 0 Å². The molecule has 5 heteroatoms. The minimum atomic E-state index is -0.139. The SMILES string of the molecule is COC(=O)C1CCN(C(=O)C2CCNC2)CC1. The minimum Gasteiger partial charge on any atom is -0.469 e. The first kappa shape index (κ1) is 12.4. The van der Waals surface area contributed by atoms with Gasteiger partial charge in [0.2, 0.25) is 5.91 Å². The Labute approximate surface area is 101 Å². The molecule has 2 rings (SSSR count). The zero-order valence-corrected chi connectivity index (χ0v) is 10.3. The Balaban J connectivity index is 1.82. The summed E-state index contributed by atoms with van der Waals surface area (Å²) >= 11 is 0. The molecular formula is C12H20N2O3. The van der Waals surface area contributed by atoms with Crippen molar-refractivity contribution in [2.24, 2.45) is 11.8 Å². The summed E-state index contributed by atoms with van der Waals surface area (Å²) in [4.78, 5) is 25.4. The van der Waals surface area contributed by atoms with Crippen LogP contribution in [0, 0.1) is 11.8 Å². The van der Waals surface area contributed by atoms with Crippen molar-refractivity contribution in [2.45, 2.75) is 19.3 Å². The van der Waals surface area contributed by atoms with Crippen LogP contribution in [0.1, 0.15) is 19.3 Å². The molecule has 2 saturated heterocycles. The van der Waals surface area contributed by atoms with Gasteiger partial charge in [-0.05, 0) is 25.8 Å². The summed E-state index contributed by atoms with van der Waals surface area (Å²) in [7, 11) is 1.42. The highest BCUT2D eigenvalue weighted by Gasteiger charge is 2.32. The molecule has 0 aromatic carbocycles. The average molecular weight is 240 g/mol. The van der Waals surface area contributed by atoms with Gasteiger partial charge in [-0.15, -0.1) is 0 Å². The fourth-order valence-electron chi connectivity index (χ4n) is 2.63. The number of likely N-dealkylation sites (tertiary alicyclic amines) is 1. The summed E-state index contributed by atoms with van der Waals surface area (Å²) in [6.45, 7) is 3.12. The molecule has 1 unspecified atom stereocenters. The largest absolute Gasteiger partial charge is 0.469 e. The van der Waals surface area contributed by atoms with Gasteiger partial charge in [0.15, 0.2) is 0 Å². The minimum absolute atomic E-state index is 0.0225. The monoisotopic (exact) mass is 240 g/mol. The van der Waals surface area contributed by atoms with Crippen LogP contribution in [-0.2, 0) is 14.3 Å². The number of hydrogen-bond donors (Lipinski definition) is 1. The Hall–Kier alpha value is -1.10. The third-order valence-corrected chi connectivity index (χ3v) is 3.75. The van der Waals surface area contributed by atoms with Crippen molar-refractivity contribution in [3.05, 3.63) is 0 Å². The second kappa shape index (κ2) is 5.49. The van der Waals surface area contributed by atoms with Crippen molar-refractivity contribution in [3.63, 3.8) is 0 Å². The van der Waals surface area contributed by atoms with E-state index in [-0.39, 0.29) is 23.7 Å². The first-order chi connectivity index (χ1) is 8.22. The predicted octanol–water partition coefficient (Wildman–Crippen LogP) is 0.00750. The molecule has 0 spiro atoms. The lowest BCUT2D eigenvalue weighted by molar-refractivity contribution is -0.149. The second-order valence-corrected chi connectivity index (χ2v) is 4.81. The topological polar surface area (TPSA) is 58.6 Å². The summed E-state index contributed by atoms with van der Waals surface area (Å²) in [6.07, 6.45) is 2.41. The lowest BCUT2D eigenvalue weighted by atomic mass is 9.95. The van der Waals surface area contributed by atoms with Crippen molar-refractivity contribution >= 4 is 11.9 Å². The van der Waals surface area contributed by atoms with Crippen molar-refractivity contribution in [2.75, 3.05) is 33.3 Å². The van der Waals surface area contributed by atoms with Crippen LogP contribution >= 0.6 is 0 Å². The van der Waals surface area contributed by atoms with Crippen molar-refractivity contribution in [1.29, 1.82) is 0 Å². The molecule has 0 bridgehead atoms. The number of carbonyl (C=O) groups is 2. The molecule has 0 aromatic heterocycles. The fraction of sp³-hybridized carbons (Fsp3) is 0.833. The standard InChI is InChI=1S/C12H20N2O3/c1-17-12(16)9-3-6-14(7-4-9)11(15)10-2-5-13-8-10/h9-10,13H,2-8H2,1H3. The van der Waals surface area contributed by atoms with Gasteiger partial charge in [0.05, 0.1) is 18.9 Å². The maximum Gasteiger partial charge on any atom is 0.308 e. The van der Waals surface area contributed by atoms with E-state index in [4.69, 9.17) is 4.74 Å². The van der Waals surface area contributed by atoms with Crippen LogP contribution in [0.25, 0.3) is 0 Å². The Bertz CT molecular complexity index is 292. The summed E-state index contributed by atoms with van der Waals surface area (Å²) in [5, 5.41) is 3.21. The second-order valence-electron chi connectivity index (χ2n) is 4.81. The highest BCUT2D eigenvalue weighted by Crippen LogP contribution is 2.21. The van der Waals surface area contributed by atoms with Gasteiger partial charge in [0.25, 0.3) is 0 Å². The number of rotatable bonds is 2. The number of methoxy groups -OCH3 is 1. The lowest BCUT2D eigenvalue weighted by Crippen LogP contribution is -2.43. The molecule has 2 aliphatic heterocycles. The molecule has 0 aromatic rings. The van der Waals surface area contributed by atoms with Gasteiger partial charge in [-0.3, -0.25) is 9.59 Å². The van der Waals surface area contributed by atoms with Crippen molar-refractivity contribution in [1.82, 2.24) is 10.2 Å². The van der Waals surface area contributed by atoms with Crippen molar-refractivity contribution < 1.29 is 14.3 Å². The fourth-order valence-corrected chi connectivity index (χ4v) is 2.63. The molecule has 17 heavy (non-hydrogen) atoms. The van der Waals surface area contributed by atoms with Gasteiger partial charge in [0.1, 0.15) is 0 Å². The maximum atomic E-state index is 12.1. The number of nitrogens with one attached hydrogen (secondary N) is 1. The van der Waals surface area contributed by atoms with E-state index in [2.05, 4.69) is 5.32 Å². The van der Waals surface area contributed by atoms with Crippen LogP contribution in [0.3, 0.4) is 0 Å². The molecule has 0 radical (unpaired) electrons. The highest BCUT2D eigenvalue weighted by molar-refractivity contribution is 5.80. The number of esters is 1. The molecular weight excluding hydrogens is 220 g/mol. The van der Waals surface area contributed by atoms with Gasteiger partial charge in [-0.2, -0.15) is 0 Å². The molecule has 2 fully saturated rings. The number of carbonyl (C=O) groups excluding carboxylic acids is 2. The molecule has 1 atom stereocenters. The molecule has 0 saturated carbocycles. The number of piperidine rings is 1. The smallest absolute Gasteiger partial charge is 0.308 e. The van der Waals surface area contributed by atoms with E-state index in [1.165, 1.54) is 7.11 Å². The van der Waals surface area contributed by atoms with Gasteiger partial charge in [0, 0.05) is 19.6 Å². The first-order valence-electron chi connectivity index (χ1n) is 6.29. The van der Waals surface area contributed by atoms with E-state index in [0.29, 0.717) is 13.1 Å². The van der Waals surface area contributed by atoms with Gasteiger partial charge in [-0.1, -0.05) is 0 Å². The van der Waals surface area contributed by atoms with E-state index < -0.39 is 0 Å². The Morgan fingerprint density at radius 1 is 1.18 bits per heavy atom. The van der Waals surface area contributed by atoms with E-state index in [0.717, 1.165) is 32.4 Å². The molecule has 0 aliphatic carbocycles. The molecule has 1 amide bonds. The Morgan fingerprint density at radius 2 is 1.88 bits per heavy atom. The third kappa shape index (κ3) is 2.77. The van der Waals surface area contributed by atoms with Crippen LogP contribution < -0.4 is 5.32 Å². The number of hydrogen-bond acceptors (Lipinski definition) is 4. The summed E-state index contributed by atoms with van der Waals surface area (Å²) in [6, 6.07) is 0. The number of ether oxygens (including phenoxy) is 1. The molecule has 2 heterocycles. The van der Waals surface area contributed by atoms with E-state index in [1.807, 2.05) is 4.90 Å². The summed E-state index contributed by atoms with van der Waals surface area (Å²) < 4.78 is 4.73. The molecule has 96 valence electrons. The van der Waals surface area contributed by atoms with E-state index >= 15 is 0 Å². The molecule has 2 aliphatic rings. The average Bonchev–Trinajstić information content (AvgIpc) is 2.91. The quantitative estimate of drug-likeness (QED) is 0.691. The molecule has 1 N–H and O–H groups in total. The summed E-state index contributed by atoms with van der Waals surface area (Å²) in [5.74, 6) is 0.230. The summed E-state index contributed by atoms with van der Waals surface area (Å²) in [5.41, 5.74) is 0. The highest BCUT2D eigenvalue weighted by atomic mass is 16.5. The van der Waals surface area contributed by atoms with Gasteiger partial charge >= 0.3 is 5.97 Å². The van der Waals surface area contributed by atoms with Crippen molar-refractivity contribution in [3.8, 4) is 0 Å². The van der Waals surface area contributed by atoms with Crippen LogP contribution in [0.2, 0.25) is 0 Å². The lowest BCUT2D eigenvalue weighted by Gasteiger charge is -2.32. The first-order valence-corrected chi connectivity index (χ1v) is 6.29. The Kier molecular flexibility index (Phi) is 3.99. The maximum absolute atomic E-state index is 12.1. The molecule has 5 nitrogen and oxygen atoms in total. The number of amides is 1. The van der Waals surface area contributed by atoms with Gasteiger partial charge in [-0.25, -0.2) is 0 Å². The van der Waals surface area contributed by atoms with Gasteiger partial charge < -0.3 is 15.0 Å². The van der Waals surface area contributed by atoms with E-state index in [1.54, 1.807) is 0 Å². The zero-order chi connectivity index (χ0) is 12.3. The zero-order valence-electron chi connectivity index (χ0n) is 10.3. The van der Waals surface area contributed by atoms with E-state index in [9.17, 15) is 9.59 Å². The predicted molar refractivity (Wildman–Crippen MR) is 62.3 cm³/mol.